The molecule has 0 unspecified atom stereocenters. The molecule has 5 nitrogen and oxygen atoms in total. The molecule has 0 saturated heterocycles. The van der Waals surface area contributed by atoms with Crippen LogP contribution in [0.1, 0.15) is 18.4 Å². The number of hydrogen-bond acceptors (Lipinski definition) is 4. The van der Waals surface area contributed by atoms with Crippen molar-refractivity contribution in [3.05, 3.63) is 41.8 Å². The summed E-state index contributed by atoms with van der Waals surface area (Å²) in [6.07, 6.45) is 0. The van der Waals surface area contributed by atoms with E-state index in [0.717, 1.165) is 5.69 Å². The molecule has 1 heterocycles. The van der Waals surface area contributed by atoms with Crippen LogP contribution in [0.3, 0.4) is 0 Å². The summed E-state index contributed by atoms with van der Waals surface area (Å²) >= 11 is 0. The lowest BCUT2D eigenvalue weighted by atomic mass is 10.3. The summed E-state index contributed by atoms with van der Waals surface area (Å²) in [6.45, 7) is 3.58. The molecule has 0 saturated carbocycles. The van der Waals surface area contributed by atoms with Crippen LogP contribution < -0.4 is 10.1 Å². The van der Waals surface area contributed by atoms with E-state index >= 15 is 0 Å². The fraction of sp³-hybridized carbons (Fsp3) is 0.231. The maximum absolute atomic E-state index is 11.0. The Hall–Kier alpha value is -2.30. The van der Waals surface area contributed by atoms with Gasteiger partial charge in [-0.25, -0.2) is 0 Å². The van der Waals surface area contributed by atoms with Crippen LogP contribution in [-0.2, 0) is 11.4 Å². The molecule has 0 bridgehead atoms. The zero-order valence-corrected chi connectivity index (χ0v) is 10.3. The first-order chi connectivity index (χ1) is 8.65. The smallest absolute Gasteiger partial charge is 0.221 e. The molecule has 0 radical (unpaired) electrons. The first-order valence-electron chi connectivity index (χ1n) is 5.57. The molecule has 0 aliphatic heterocycles. The van der Waals surface area contributed by atoms with E-state index in [1.807, 2.05) is 19.1 Å². The summed E-state index contributed by atoms with van der Waals surface area (Å²) in [6, 6.07) is 9.04. The Bertz CT molecular complexity index is 549. The minimum Gasteiger partial charge on any atom is -0.483 e. The van der Waals surface area contributed by atoms with Gasteiger partial charge in [0.1, 0.15) is 12.4 Å². The monoisotopic (exact) mass is 246 g/mol. The third-order valence-electron chi connectivity index (χ3n) is 2.24. The normalized spacial score (nSPS) is 10.1. The highest BCUT2D eigenvalue weighted by Crippen LogP contribution is 2.24. The molecule has 0 fully saturated rings. The molecule has 0 aliphatic carbocycles. The molecule has 2 rings (SSSR count). The number of hydrogen-bond donors (Lipinski definition) is 1. The van der Waals surface area contributed by atoms with Crippen molar-refractivity contribution in [2.24, 2.45) is 0 Å². The number of nitrogens with one attached hydrogen (secondary N) is 1. The maximum atomic E-state index is 11.0. The van der Waals surface area contributed by atoms with Crippen LogP contribution in [0.4, 0.5) is 5.69 Å². The lowest BCUT2D eigenvalue weighted by molar-refractivity contribution is -0.114. The van der Waals surface area contributed by atoms with Crippen molar-refractivity contribution in [1.82, 2.24) is 5.16 Å². The lowest BCUT2D eigenvalue weighted by Crippen LogP contribution is -2.07. The molecule has 0 spiro atoms. The quantitative estimate of drug-likeness (QED) is 0.900. The highest BCUT2D eigenvalue weighted by Gasteiger charge is 2.06. The van der Waals surface area contributed by atoms with Gasteiger partial charge in [-0.2, -0.15) is 0 Å². The van der Waals surface area contributed by atoms with Crippen LogP contribution in [0.15, 0.2) is 34.9 Å². The van der Waals surface area contributed by atoms with Gasteiger partial charge in [0.25, 0.3) is 0 Å². The van der Waals surface area contributed by atoms with Crippen LogP contribution in [0.5, 0.6) is 5.75 Å². The summed E-state index contributed by atoms with van der Waals surface area (Å²) in [4.78, 5) is 11.0. The van der Waals surface area contributed by atoms with E-state index in [2.05, 4.69) is 10.5 Å². The molecule has 1 N–H and O–H groups in total. The number of anilines is 1. The molecule has 2 aromatic rings. The minimum atomic E-state index is -0.137. The van der Waals surface area contributed by atoms with Crippen molar-refractivity contribution < 1.29 is 14.1 Å². The minimum absolute atomic E-state index is 0.137. The summed E-state index contributed by atoms with van der Waals surface area (Å²) in [5.74, 6) is 1.11. The predicted octanol–water partition coefficient (Wildman–Crippen LogP) is 2.52. The Morgan fingerprint density at radius 2 is 2.22 bits per heavy atom. The first kappa shape index (κ1) is 12.2. The van der Waals surface area contributed by atoms with Gasteiger partial charge in [0, 0.05) is 13.0 Å². The van der Waals surface area contributed by atoms with Gasteiger partial charge in [0.2, 0.25) is 5.91 Å². The second-order valence-electron chi connectivity index (χ2n) is 3.90. The van der Waals surface area contributed by atoms with Gasteiger partial charge in [-0.1, -0.05) is 17.3 Å². The summed E-state index contributed by atoms with van der Waals surface area (Å²) < 4.78 is 10.6. The van der Waals surface area contributed by atoms with Crippen molar-refractivity contribution in [1.29, 1.82) is 0 Å². The third kappa shape index (κ3) is 3.10. The molecule has 94 valence electrons. The topological polar surface area (TPSA) is 64.4 Å². The fourth-order valence-electron chi connectivity index (χ4n) is 1.52. The van der Waals surface area contributed by atoms with E-state index < -0.39 is 0 Å². The van der Waals surface area contributed by atoms with Gasteiger partial charge in [-0.05, 0) is 19.1 Å². The Morgan fingerprint density at radius 3 is 2.89 bits per heavy atom. The molecule has 0 atom stereocenters. The Kier molecular flexibility index (Phi) is 3.62. The molecule has 0 aliphatic rings. The second-order valence-corrected chi connectivity index (χ2v) is 3.90. The van der Waals surface area contributed by atoms with Crippen LogP contribution in [0.2, 0.25) is 0 Å². The third-order valence-corrected chi connectivity index (χ3v) is 2.24. The number of rotatable bonds is 4. The number of nitrogens with zero attached hydrogens (tertiary/aromatic N) is 1. The highest BCUT2D eigenvalue weighted by atomic mass is 16.5. The van der Waals surface area contributed by atoms with Gasteiger partial charge in [-0.3, -0.25) is 4.79 Å². The maximum Gasteiger partial charge on any atom is 0.221 e. The largest absolute Gasteiger partial charge is 0.483 e. The van der Waals surface area contributed by atoms with Gasteiger partial charge in [0.15, 0.2) is 5.76 Å². The number of amides is 1. The molecular weight excluding hydrogens is 232 g/mol. The van der Waals surface area contributed by atoms with E-state index in [-0.39, 0.29) is 12.5 Å². The van der Waals surface area contributed by atoms with E-state index in [0.29, 0.717) is 17.2 Å². The van der Waals surface area contributed by atoms with Crippen molar-refractivity contribution in [2.75, 3.05) is 5.32 Å². The Morgan fingerprint density at radius 1 is 1.44 bits per heavy atom. The van der Waals surface area contributed by atoms with E-state index in [1.165, 1.54) is 6.92 Å². The summed E-state index contributed by atoms with van der Waals surface area (Å²) in [5.41, 5.74) is 1.45. The standard InChI is InChI=1S/C13H14N2O3/c1-9-7-11(18-15-9)8-17-13-6-4-3-5-12(13)14-10(2)16/h3-7H,8H2,1-2H3,(H,14,16). The number of ether oxygens (including phenoxy) is 1. The van der Waals surface area contributed by atoms with Crippen molar-refractivity contribution in [3.63, 3.8) is 0 Å². The van der Waals surface area contributed by atoms with Gasteiger partial charge in [0.05, 0.1) is 11.4 Å². The molecule has 1 amide bonds. The number of carbonyl (C=O) groups excluding carboxylic acids is 1. The highest BCUT2D eigenvalue weighted by molar-refractivity contribution is 5.90. The van der Waals surface area contributed by atoms with Crippen molar-refractivity contribution in [3.8, 4) is 5.75 Å². The van der Waals surface area contributed by atoms with Gasteiger partial charge >= 0.3 is 0 Å². The zero-order chi connectivity index (χ0) is 13.0. The van der Waals surface area contributed by atoms with E-state index in [1.54, 1.807) is 18.2 Å². The first-order valence-corrected chi connectivity index (χ1v) is 5.57. The Balaban J connectivity index is 2.06. The lowest BCUT2D eigenvalue weighted by Gasteiger charge is -2.10. The number of carbonyl (C=O) groups is 1. The SMILES string of the molecule is CC(=O)Nc1ccccc1OCc1cc(C)no1. The number of para-hydroxylation sites is 2. The van der Waals surface area contributed by atoms with Crippen LogP contribution in [-0.4, -0.2) is 11.1 Å². The number of benzene rings is 1. The molecule has 18 heavy (non-hydrogen) atoms. The van der Waals surface area contributed by atoms with Gasteiger partial charge in [-0.15, -0.1) is 0 Å². The second kappa shape index (κ2) is 5.35. The molecular formula is C13H14N2O3. The van der Waals surface area contributed by atoms with Crippen LogP contribution >= 0.6 is 0 Å². The Labute approximate surface area is 105 Å². The average Bonchev–Trinajstić information content (AvgIpc) is 2.73. The number of aryl methyl sites for hydroxylation is 1. The number of aromatic nitrogens is 1. The van der Waals surface area contributed by atoms with Crippen LogP contribution in [0.25, 0.3) is 0 Å². The van der Waals surface area contributed by atoms with E-state index in [9.17, 15) is 4.79 Å². The molecule has 5 heteroatoms. The zero-order valence-electron chi connectivity index (χ0n) is 10.3. The molecule has 1 aromatic heterocycles. The van der Waals surface area contributed by atoms with Crippen molar-refractivity contribution in [2.45, 2.75) is 20.5 Å². The average molecular weight is 246 g/mol. The predicted molar refractivity (Wildman–Crippen MR) is 66.3 cm³/mol. The van der Waals surface area contributed by atoms with Gasteiger partial charge < -0.3 is 14.6 Å². The van der Waals surface area contributed by atoms with Crippen molar-refractivity contribution >= 4 is 11.6 Å². The summed E-state index contributed by atoms with van der Waals surface area (Å²) in [5, 5.41) is 6.48. The summed E-state index contributed by atoms with van der Waals surface area (Å²) in [7, 11) is 0. The molecule has 1 aromatic carbocycles. The van der Waals surface area contributed by atoms with E-state index in [4.69, 9.17) is 9.26 Å². The fourth-order valence-corrected chi connectivity index (χ4v) is 1.52. The van der Waals surface area contributed by atoms with Crippen LogP contribution in [0, 0.1) is 6.92 Å².